The van der Waals surface area contributed by atoms with E-state index in [1.54, 1.807) is 0 Å². The Morgan fingerprint density at radius 1 is 1.30 bits per heavy atom. The van der Waals surface area contributed by atoms with Gasteiger partial charge in [0, 0.05) is 0 Å². The molecule has 2 aromatic heterocycles. The van der Waals surface area contributed by atoms with Gasteiger partial charge in [0.1, 0.15) is 5.02 Å². The van der Waals surface area contributed by atoms with Gasteiger partial charge in [-0.15, -0.1) is 5.10 Å². The van der Waals surface area contributed by atoms with Crippen molar-refractivity contribution in [2.45, 2.75) is 30.5 Å². The molecule has 0 amide bonds. The summed E-state index contributed by atoms with van der Waals surface area (Å²) in [6.07, 6.45) is 2.29. The molecule has 0 bridgehead atoms. The van der Waals surface area contributed by atoms with Crippen molar-refractivity contribution < 1.29 is 8.42 Å². The molecule has 0 aromatic carbocycles. The van der Waals surface area contributed by atoms with Gasteiger partial charge in [0.05, 0.1) is 5.75 Å². The van der Waals surface area contributed by atoms with Crippen molar-refractivity contribution in [3.8, 4) is 0 Å². The zero-order chi connectivity index (χ0) is 14.9. The van der Waals surface area contributed by atoms with E-state index < -0.39 is 15.4 Å². The molecule has 0 aliphatic rings. The summed E-state index contributed by atoms with van der Waals surface area (Å²) in [6.45, 7) is 1.98. The summed E-state index contributed by atoms with van der Waals surface area (Å²) >= 11 is 12.2. The van der Waals surface area contributed by atoms with Crippen LogP contribution in [0.1, 0.15) is 26.2 Å². The highest BCUT2D eigenvalue weighted by Crippen LogP contribution is 2.22. The first-order valence-electron chi connectivity index (χ1n) is 5.84. The highest BCUT2D eigenvalue weighted by Gasteiger charge is 2.22. The maximum Gasteiger partial charge on any atom is 0.295 e. The van der Waals surface area contributed by atoms with Crippen LogP contribution in [-0.4, -0.2) is 28.8 Å². The SMILES string of the molecule is CCCCCS(=O)(=O)c1nn2c(=O)c(Cl)c(Cl)nc2s1. The lowest BCUT2D eigenvalue weighted by Crippen LogP contribution is -2.16. The quantitative estimate of drug-likeness (QED) is 0.607. The Bertz CT molecular complexity index is 798. The minimum Gasteiger partial charge on any atom is -0.265 e. The Kier molecular flexibility index (Phi) is 4.68. The fourth-order valence-electron chi connectivity index (χ4n) is 1.54. The standard InChI is InChI=1S/C10H11Cl2N3O3S2/c1-2-3-4-5-20(17,18)10-14-15-8(16)6(11)7(12)13-9(15)19-10/h2-5H2,1H3. The molecular weight excluding hydrogens is 345 g/mol. The summed E-state index contributed by atoms with van der Waals surface area (Å²) in [5.41, 5.74) is -0.673. The van der Waals surface area contributed by atoms with Gasteiger partial charge in [-0.25, -0.2) is 13.4 Å². The van der Waals surface area contributed by atoms with Crippen molar-refractivity contribution in [2.24, 2.45) is 0 Å². The van der Waals surface area contributed by atoms with E-state index in [9.17, 15) is 13.2 Å². The minimum atomic E-state index is -3.52. The molecule has 2 rings (SSSR count). The van der Waals surface area contributed by atoms with Crippen molar-refractivity contribution in [1.29, 1.82) is 0 Å². The highest BCUT2D eigenvalue weighted by atomic mass is 35.5. The van der Waals surface area contributed by atoms with Crippen LogP contribution in [0.2, 0.25) is 10.2 Å². The Morgan fingerprint density at radius 3 is 2.65 bits per heavy atom. The summed E-state index contributed by atoms with van der Waals surface area (Å²) in [5.74, 6) is -0.00310. The lowest BCUT2D eigenvalue weighted by atomic mass is 10.3. The number of aromatic nitrogens is 3. The fraction of sp³-hybridized carbons (Fsp3) is 0.500. The molecule has 0 saturated heterocycles. The molecule has 0 aliphatic carbocycles. The van der Waals surface area contributed by atoms with Crippen LogP contribution in [0.3, 0.4) is 0 Å². The van der Waals surface area contributed by atoms with Gasteiger partial charge in [-0.05, 0) is 6.42 Å². The van der Waals surface area contributed by atoms with E-state index in [4.69, 9.17) is 23.2 Å². The molecule has 20 heavy (non-hydrogen) atoms. The lowest BCUT2D eigenvalue weighted by molar-refractivity contribution is 0.588. The van der Waals surface area contributed by atoms with Gasteiger partial charge in [-0.2, -0.15) is 4.52 Å². The van der Waals surface area contributed by atoms with Crippen LogP contribution in [0.15, 0.2) is 9.13 Å². The largest absolute Gasteiger partial charge is 0.295 e. The predicted molar refractivity (Wildman–Crippen MR) is 78.7 cm³/mol. The molecule has 0 N–H and O–H groups in total. The van der Waals surface area contributed by atoms with E-state index in [1.807, 2.05) is 6.92 Å². The van der Waals surface area contributed by atoms with Crippen LogP contribution in [0, 0.1) is 0 Å². The third kappa shape index (κ3) is 2.98. The van der Waals surface area contributed by atoms with E-state index in [-0.39, 0.29) is 25.2 Å². The first-order chi connectivity index (χ1) is 9.36. The van der Waals surface area contributed by atoms with Crippen LogP contribution >= 0.6 is 34.5 Å². The second kappa shape index (κ2) is 5.97. The average molecular weight is 356 g/mol. The maximum atomic E-state index is 12.1. The van der Waals surface area contributed by atoms with Crippen molar-refractivity contribution in [2.75, 3.05) is 5.75 Å². The summed E-state index contributed by atoms with van der Waals surface area (Å²) in [5, 5.41) is 3.36. The Hall–Kier alpha value is -0.700. The second-order valence-electron chi connectivity index (χ2n) is 4.11. The first-order valence-corrected chi connectivity index (χ1v) is 9.07. The van der Waals surface area contributed by atoms with E-state index in [0.29, 0.717) is 6.42 Å². The molecule has 0 atom stereocenters. The van der Waals surface area contributed by atoms with Crippen molar-refractivity contribution in [3.63, 3.8) is 0 Å². The zero-order valence-electron chi connectivity index (χ0n) is 10.5. The van der Waals surface area contributed by atoms with Crippen molar-refractivity contribution >= 4 is 49.3 Å². The molecule has 0 spiro atoms. The van der Waals surface area contributed by atoms with Crippen LogP contribution in [0.5, 0.6) is 0 Å². The third-order valence-electron chi connectivity index (χ3n) is 2.58. The van der Waals surface area contributed by atoms with Crippen LogP contribution < -0.4 is 5.56 Å². The topological polar surface area (TPSA) is 81.4 Å². The molecule has 0 fully saturated rings. The monoisotopic (exact) mass is 355 g/mol. The fourth-order valence-corrected chi connectivity index (χ4v) is 4.44. The minimum absolute atomic E-state index is 0.00310. The Balaban J connectivity index is 2.47. The van der Waals surface area contributed by atoms with E-state index in [1.165, 1.54) is 0 Å². The summed E-state index contributed by atoms with van der Waals surface area (Å²) in [4.78, 5) is 15.8. The van der Waals surface area contributed by atoms with Gasteiger partial charge < -0.3 is 0 Å². The molecule has 2 heterocycles. The number of fused-ring (bicyclic) bond motifs is 1. The molecule has 0 saturated carbocycles. The summed E-state index contributed by atoms with van der Waals surface area (Å²) < 4.78 is 24.9. The predicted octanol–water partition coefficient (Wildman–Crippen LogP) is 2.42. The highest BCUT2D eigenvalue weighted by molar-refractivity contribution is 7.93. The van der Waals surface area contributed by atoms with Gasteiger partial charge >= 0.3 is 0 Å². The molecule has 110 valence electrons. The first kappa shape index (κ1) is 15.7. The Labute approximate surface area is 129 Å². The maximum absolute atomic E-state index is 12.1. The smallest absolute Gasteiger partial charge is 0.265 e. The second-order valence-corrected chi connectivity index (χ2v) is 8.08. The van der Waals surface area contributed by atoms with Crippen molar-refractivity contribution in [1.82, 2.24) is 14.6 Å². The van der Waals surface area contributed by atoms with E-state index >= 15 is 0 Å². The van der Waals surface area contributed by atoms with Gasteiger partial charge in [0.25, 0.3) is 5.56 Å². The molecule has 0 radical (unpaired) electrons. The van der Waals surface area contributed by atoms with Crippen LogP contribution in [-0.2, 0) is 9.84 Å². The number of halogens is 2. The van der Waals surface area contributed by atoms with Gasteiger partial charge in [-0.1, -0.05) is 54.3 Å². The average Bonchev–Trinajstić information content (AvgIpc) is 2.81. The number of hydrogen-bond acceptors (Lipinski definition) is 6. The number of nitrogens with zero attached hydrogens (tertiary/aromatic N) is 3. The van der Waals surface area contributed by atoms with Gasteiger partial charge in [-0.3, -0.25) is 4.79 Å². The summed E-state index contributed by atoms with van der Waals surface area (Å²) in [7, 11) is -3.52. The third-order valence-corrected chi connectivity index (χ3v) is 6.44. The molecule has 10 heteroatoms. The van der Waals surface area contributed by atoms with Gasteiger partial charge in [0.2, 0.25) is 19.1 Å². The van der Waals surface area contributed by atoms with Crippen LogP contribution in [0.4, 0.5) is 0 Å². The number of rotatable bonds is 5. The van der Waals surface area contributed by atoms with Gasteiger partial charge in [0.15, 0.2) is 5.15 Å². The molecular formula is C10H11Cl2N3O3S2. The normalized spacial score (nSPS) is 12.2. The molecule has 0 aliphatic heterocycles. The lowest BCUT2D eigenvalue weighted by Gasteiger charge is -1.98. The van der Waals surface area contributed by atoms with Crippen molar-refractivity contribution in [3.05, 3.63) is 20.5 Å². The molecule has 0 unspecified atom stereocenters. The van der Waals surface area contributed by atoms with E-state index in [2.05, 4.69) is 10.1 Å². The van der Waals surface area contributed by atoms with E-state index in [0.717, 1.165) is 28.7 Å². The molecule has 2 aromatic rings. The van der Waals surface area contributed by atoms with Crippen LogP contribution in [0.25, 0.3) is 4.96 Å². The molecule has 6 nitrogen and oxygen atoms in total. The number of unbranched alkanes of at least 4 members (excludes halogenated alkanes) is 2. The number of sulfone groups is 1. The number of hydrogen-bond donors (Lipinski definition) is 0. The summed E-state index contributed by atoms with van der Waals surface area (Å²) in [6, 6.07) is 0. The Morgan fingerprint density at radius 2 is 2.00 bits per heavy atom. The zero-order valence-corrected chi connectivity index (χ0v) is 13.6.